The highest BCUT2D eigenvalue weighted by Crippen LogP contribution is 2.26. The molecule has 15 heavy (non-hydrogen) atoms. The molecule has 2 N–H and O–H groups in total. The fourth-order valence-electron chi connectivity index (χ4n) is 1.57. The quantitative estimate of drug-likeness (QED) is 0.816. The average molecular weight is 222 g/mol. The Morgan fingerprint density at radius 1 is 1.27 bits per heavy atom. The third-order valence-electron chi connectivity index (χ3n) is 2.26. The number of halogens is 1. The second-order valence-electron chi connectivity index (χ2n) is 3.51. The van der Waals surface area contributed by atoms with E-state index < -0.39 is 0 Å². The Morgan fingerprint density at radius 3 is 2.47 bits per heavy atom. The zero-order chi connectivity index (χ0) is 10.8. The Hall–Kier alpha value is -1.48. The highest BCUT2D eigenvalue weighted by molar-refractivity contribution is 6.30. The smallest absolute Gasteiger partial charge is 0.125 e. The maximum Gasteiger partial charge on any atom is 0.125 e. The summed E-state index contributed by atoms with van der Waals surface area (Å²) in [6.45, 7) is 4.05. The number of H-pyrrole nitrogens is 1. The maximum atomic E-state index is 5.96. The van der Waals surface area contributed by atoms with Crippen molar-refractivity contribution in [1.29, 1.82) is 0 Å². The summed E-state index contributed by atoms with van der Waals surface area (Å²) in [6, 6.07) is 5.76. The van der Waals surface area contributed by atoms with Gasteiger partial charge in [-0.25, -0.2) is 0 Å². The van der Waals surface area contributed by atoms with Gasteiger partial charge in [-0.3, -0.25) is 5.10 Å². The molecule has 0 saturated carbocycles. The predicted molar refractivity (Wildman–Crippen MR) is 62.8 cm³/mol. The van der Waals surface area contributed by atoms with Crippen LogP contribution in [0.25, 0.3) is 0 Å². The van der Waals surface area contributed by atoms with Crippen LogP contribution in [0.5, 0.6) is 0 Å². The van der Waals surface area contributed by atoms with Gasteiger partial charge in [-0.1, -0.05) is 11.6 Å². The molecule has 0 radical (unpaired) electrons. The fraction of sp³-hybridized carbons (Fsp3) is 0.182. The summed E-state index contributed by atoms with van der Waals surface area (Å²) in [4.78, 5) is 0. The molecule has 2 aromatic rings. The Balaban J connectivity index is 2.36. The Bertz CT molecular complexity index is 440. The van der Waals surface area contributed by atoms with E-state index >= 15 is 0 Å². The van der Waals surface area contributed by atoms with Crippen molar-refractivity contribution in [3.63, 3.8) is 0 Å². The van der Waals surface area contributed by atoms with Crippen LogP contribution in [0.4, 0.5) is 11.5 Å². The van der Waals surface area contributed by atoms with Crippen molar-refractivity contribution >= 4 is 23.1 Å². The highest BCUT2D eigenvalue weighted by atomic mass is 35.5. The van der Waals surface area contributed by atoms with Gasteiger partial charge in [-0.05, 0) is 37.1 Å². The van der Waals surface area contributed by atoms with Crippen molar-refractivity contribution in [2.75, 3.05) is 5.32 Å². The van der Waals surface area contributed by atoms with E-state index in [4.69, 9.17) is 11.6 Å². The number of aryl methyl sites for hydroxylation is 2. The summed E-state index contributed by atoms with van der Waals surface area (Å²) in [7, 11) is 0. The first-order valence-electron chi connectivity index (χ1n) is 4.70. The van der Waals surface area contributed by atoms with Crippen LogP contribution in [0.15, 0.2) is 24.4 Å². The number of benzene rings is 1. The van der Waals surface area contributed by atoms with E-state index in [0.29, 0.717) is 0 Å². The van der Waals surface area contributed by atoms with Gasteiger partial charge in [0.15, 0.2) is 0 Å². The van der Waals surface area contributed by atoms with E-state index in [9.17, 15) is 0 Å². The molecule has 0 aliphatic rings. The number of nitrogens with one attached hydrogen (secondary N) is 2. The first-order valence-corrected chi connectivity index (χ1v) is 5.08. The van der Waals surface area contributed by atoms with Crippen LogP contribution in [0, 0.1) is 13.8 Å². The molecule has 1 heterocycles. The third-order valence-corrected chi connectivity index (χ3v) is 2.48. The summed E-state index contributed by atoms with van der Waals surface area (Å²) in [5, 5.41) is 10.8. The molecular formula is C11H12ClN3. The van der Waals surface area contributed by atoms with Gasteiger partial charge in [0.2, 0.25) is 0 Å². The van der Waals surface area contributed by atoms with Gasteiger partial charge in [0.1, 0.15) is 5.82 Å². The minimum absolute atomic E-state index is 0.764. The second kappa shape index (κ2) is 3.95. The molecule has 0 spiro atoms. The Morgan fingerprint density at radius 2 is 1.93 bits per heavy atom. The molecule has 1 aromatic carbocycles. The molecule has 0 aliphatic carbocycles. The molecule has 4 heteroatoms. The molecule has 0 unspecified atom stereocenters. The highest BCUT2D eigenvalue weighted by Gasteiger charge is 2.04. The normalized spacial score (nSPS) is 10.3. The zero-order valence-corrected chi connectivity index (χ0v) is 9.39. The van der Waals surface area contributed by atoms with E-state index in [1.807, 2.05) is 32.0 Å². The molecule has 0 aliphatic heterocycles. The van der Waals surface area contributed by atoms with Gasteiger partial charge in [-0.15, -0.1) is 0 Å². The Labute approximate surface area is 93.5 Å². The van der Waals surface area contributed by atoms with Crippen LogP contribution in [0.3, 0.4) is 0 Å². The van der Waals surface area contributed by atoms with E-state index in [-0.39, 0.29) is 0 Å². The van der Waals surface area contributed by atoms with Crippen molar-refractivity contribution < 1.29 is 0 Å². The van der Waals surface area contributed by atoms with E-state index in [0.717, 1.165) is 27.7 Å². The summed E-state index contributed by atoms with van der Waals surface area (Å²) >= 11 is 5.96. The molecule has 0 amide bonds. The lowest BCUT2D eigenvalue weighted by Gasteiger charge is -2.11. The van der Waals surface area contributed by atoms with E-state index in [2.05, 4.69) is 15.5 Å². The maximum absolute atomic E-state index is 5.96. The molecule has 1 aromatic heterocycles. The molecule has 2 rings (SSSR count). The fourth-order valence-corrected chi connectivity index (χ4v) is 1.90. The molecule has 0 fully saturated rings. The first kappa shape index (κ1) is 10.1. The number of hydrogen-bond donors (Lipinski definition) is 2. The van der Waals surface area contributed by atoms with E-state index in [1.54, 1.807) is 6.20 Å². The summed E-state index contributed by atoms with van der Waals surface area (Å²) in [6.07, 6.45) is 1.71. The average Bonchev–Trinajstić information content (AvgIpc) is 2.63. The van der Waals surface area contributed by atoms with Crippen molar-refractivity contribution in [2.45, 2.75) is 13.8 Å². The number of rotatable bonds is 2. The second-order valence-corrected chi connectivity index (χ2v) is 3.95. The summed E-state index contributed by atoms with van der Waals surface area (Å²) in [5.41, 5.74) is 3.31. The van der Waals surface area contributed by atoms with Crippen molar-refractivity contribution in [1.82, 2.24) is 10.2 Å². The standard InChI is InChI=1S/C11H12ClN3/c1-7-5-9(12)6-8(2)11(7)14-10-3-4-13-15-10/h3-6H,1-2H3,(H2,13,14,15). The molecule has 0 atom stereocenters. The lowest BCUT2D eigenvalue weighted by molar-refractivity contribution is 1.09. The van der Waals surface area contributed by atoms with Crippen LogP contribution >= 0.6 is 11.6 Å². The van der Waals surface area contributed by atoms with Crippen LogP contribution < -0.4 is 5.32 Å². The number of anilines is 2. The molecule has 0 bridgehead atoms. The van der Waals surface area contributed by atoms with Crippen molar-refractivity contribution in [3.05, 3.63) is 40.5 Å². The SMILES string of the molecule is Cc1cc(Cl)cc(C)c1Nc1ccn[nH]1. The van der Waals surface area contributed by atoms with Gasteiger partial charge in [0.25, 0.3) is 0 Å². The monoisotopic (exact) mass is 221 g/mol. The van der Waals surface area contributed by atoms with Crippen LogP contribution in [0.2, 0.25) is 5.02 Å². The lowest BCUT2D eigenvalue weighted by atomic mass is 10.1. The largest absolute Gasteiger partial charge is 0.340 e. The first-order chi connectivity index (χ1) is 7.16. The summed E-state index contributed by atoms with van der Waals surface area (Å²) in [5.74, 6) is 0.878. The molecule has 0 saturated heterocycles. The van der Waals surface area contributed by atoms with Gasteiger partial charge in [0, 0.05) is 16.8 Å². The minimum atomic E-state index is 0.764. The predicted octanol–water partition coefficient (Wildman–Crippen LogP) is 3.42. The van der Waals surface area contributed by atoms with Gasteiger partial charge in [-0.2, -0.15) is 5.10 Å². The van der Waals surface area contributed by atoms with E-state index in [1.165, 1.54) is 0 Å². The number of aromatic amines is 1. The molecule has 3 nitrogen and oxygen atoms in total. The topological polar surface area (TPSA) is 40.7 Å². The number of hydrogen-bond acceptors (Lipinski definition) is 2. The van der Waals surface area contributed by atoms with Crippen LogP contribution in [-0.2, 0) is 0 Å². The minimum Gasteiger partial charge on any atom is -0.340 e. The van der Waals surface area contributed by atoms with Crippen molar-refractivity contribution in [3.8, 4) is 0 Å². The number of nitrogens with zero attached hydrogens (tertiary/aromatic N) is 1. The Kier molecular flexibility index (Phi) is 2.64. The van der Waals surface area contributed by atoms with Gasteiger partial charge >= 0.3 is 0 Å². The van der Waals surface area contributed by atoms with Crippen LogP contribution in [0.1, 0.15) is 11.1 Å². The van der Waals surface area contributed by atoms with Crippen molar-refractivity contribution in [2.24, 2.45) is 0 Å². The molecular weight excluding hydrogens is 210 g/mol. The molecule has 78 valence electrons. The summed E-state index contributed by atoms with van der Waals surface area (Å²) < 4.78 is 0. The number of aromatic nitrogens is 2. The van der Waals surface area contributed by atoms with Crippen LogP contribution in [-0.4, -0.2) is 10.2 Å². The lowest BCUT2D eigenvalue weighted by Crippen LogP contribution is -1.96. The van der Waals surface area contributed by atoms with Gasteiger partial charge in [0.05, 0.1) is 6.20 Å². The zero-order valence-electron chi connectivity index (χ0n) is 8.63. The third kappa shape index (κ3) is 2.13. The van der Waals surface area contributed by atoms with Gasteiger partial charge < -0.3 is 5.32 Å².